The van der Waals surface area contributed by atoms with Crippen LogP contribution in [0, 0.1) is 5.92 Å². The van der Waals surface area contributed by atoms with Gasteiger partial charge < -0.3 is 20.6 Å². The number of rotatable bonds is 8. The van der Waals surface area contributed by atoms with Crippen molar-refractivity contribution in [1.82, 2.24) is 0 Å². The lowest BCUT2D eigenvalue weighted by Gasteiger charge is -2.25. The lowest BCUT2D eigenvalue weighted by atomic mass is 10.0. The first kappa shape index (κ1) is 19.0. The topological polar surface area (TPSA) is 147 Å². The molecule has 0 unspecified atom stereocenters. The Morgan fingerprint density at radius 2 is 1.82 bits per heavy atom. The largest absolute Gasteiger partial charge is 0.481 e. The molecule has 0 amide bonds. The summed E-state index contributed by atoms with van der Waals surface area (Å²) >= 11 is 0. The molecule has 8 nitrogen and oxygen atoms in total. The summed E-state index contributed by atoms with van der Waals surface area (Å²) in [6, 6.07) is 8.63. The standard InChI is InChI=1S/C12H19NO7P2/c1-9(13)21(16,20-22(17,18)19)8-11(12(14)15)7-10-5-3-2-4-6-10/h2-6,9,11H,7-8,13H2,1H3,(H,14,15)(H2,17,18,19)/t9-,11-,21+/m1/s1. The Morgan fingerprint density at radius 3 is 2.23 bits per heavy atom. The Morgan fingerprint density at radius 1 is 1.27 bits per heavy atom. The van der Waals surface area contributed by atoms with Crippen LogP contribution in [0.1, 0.15) is 12.5 Å². The Bertz CT molecular complexity index is 599. The van der Waals surface area contributed by atoms with E-state index in [9.17, 15) is 19.0 Å². The van der Waals surface area contributed by atoms with Crippen LogP contribution in [0.4, 0.5) is 0 Å². The number of benzene rings is 1. The van der Waals surface area contributed by atoms with Crippen LogP contribution in [0.5, 0.6) is 0 Å². The molecule has 0 fully saturated rings. The van der Waals surface area contributed by atoms with Crippen LogP contribution in [0.25, 0.3) is 0 Å². The first-order chi connectivity index (χ1) is 10.0. The molecule has 0 saturated carbocycles. The van der Waals surface area contributed by atoms with E-state index in [0.717, 1.165) is 0 Å². The van der Waals surface area contributed by atoms with Crippen LogP contribution >= 0.6 is 15.2 Å². The molecule has 3 atom stereocenters. The Kier molecular flexibility index (Phi) is 6.50. The number of aliphatic carboxylic acids is 1. The third kappa shape index (κ3) is 6.01. The van der Waals surface area contributed by atoms with Crippen LogP contribution in [0.15, 0.2) is 30.3 Å². The van der Waals surface area contributed by atoms with Gasteiger partial charge in [-0.25, -0.2) is 8.88 Å². The highest BCUT2D eigenvalue weighted by Crippen LogP contribution is 2.62. The van der Waals surface area contributed by atoms with E-state index in [2.05, 4.69) is 4.31 Å². The molecule has 0 aromatic heterocycles. The van der Waals surface area contributed by atoms with Gasteiger partial charge >= 0.3 is 13.8 Å². The summed E-state index contributed by atoms with van der Waals surface area (Å²) in [5, 5.41) is 9.27. The van der Waals surface area contributed by atoms with Gasteiger partial charge in [0.1, 0.15) is 0 Å². The quantitative estimate of drug-likeness (QED) is 0.517. The maximum atomic E-state index is 12.5. The molecule has 0 aliphatic heterocycles. The molecule has 0 heterocycles. The summed E-state index contributed by atoms with van der Waals surface area (Å²) in [6.45, 7) is 1.26. The second-order valence-electron chi connectivity index (χ2n) is 4.95. The van der Waals surface area contributed by atoms with E-state index in [1.54, 1.807) is 30.3 Å². The highest BCUT2D eigenvalue weighted by molar-refractivity contribution is 7.68. The molecule has 1 aromatic carbocycles. The monoisotopic (exact) mass is 351 g/mol. The van der Waals surface area contributed by atoms with E-state index in [1.165, 1.54) is 6.92 Å². The van der Waals surface area contributed by atoms with Gasteiger partial charge in [0, 0.05) is 6.16 Å². The molecule has 0 spiro atoms. The lowest BCUT2D eigenvalue weighted by molar-refractivity contribution is -0.141. The van der Waals surface area contributed by atoms with Gasteiger partial charge in [-0.2, -0.15) is 0 Å². The van der Waals surface area contributed by atoms with Gasteiger partial charge in [-0.3, -0.25) is 9.36 Å². The van der Waals surface area contributed by atoms with E-state index in [1.807, 2.05) is 0 Å². The van der Waals surface area contributed by atoms with Crippen molar-refractivity contribution in [3.63, 3.8) is 0 Å². The Labute approximate surface area is 128 Å². The molecule has 1 rings (SSSR count). The van der Waals surface area contributed by atoms with Crippen LogP contribution in [-0.4, -0.2) is 32.8 Å². The second-order valence-corrected chi connectivity index (χ2v) is 9.21. The van der Waals surface area contributed by atoms with Crippen molar-refractivity contribution in [2.45, 2.75) is 19.1 Å². The Balaban J connectivity index is 2.98. The van der Waals surface area contributed by atoms with Crippen LogP contribution in [-0.2, 0) is 24.7 Å². The minimum atomic E-state index is -5.05. The summed E-state index contributed by atoms with van der Waals surface area (Å²) in [7, 11) is -9.07. The van der Waals surface area contributed by atoms with Crippen molar-refractivity contribution in [3.05, 3.63) is 35.9 Å². The summed E-state index contributed by atoms with van der Waals surface area (Å²) < 4.78 is 27.8. The number of hydrogen-bond acceptors (Lipinski definition) is 5. The maximum Gasteiger partial charge on any atom is 0.475 e. The van der Waals surface area contributed by atoms with Crippen molar-refractivity contribution < 1.29 is 33.1 Å². The minimum absolute atomic E-state index is 0.0530. The lowest BCUT2D eigenvalue weighted by Crippen LogP contribution is -2.27. The van der Waals surface area contributed by atoms with Gasteiger partial charge in [-0.15, -0.1) is 0 Å². The predicted molar refractivity (Wildman–Crippen MR) is 80.5 cm³/mol. The molecule has 0 saturated heterocycles. The van der Waals surface area contributed by atoms with E-state index in [0.29, 0.717) is 5.56 Å². The molecular weight excluding hydrogens is 332 g/mol. The van der Waals surface area contributed by atoms with E-state index < -0.39 is 39.0 Å². The molecule has 0 aliphatic carbocycles. The zero-order chi connectivity index (χ0) is 17.0. The average molecular weight is 351 g/mol. The fraction of sp³-hybridized carbons (Fsp3) is 0.417. The molecule has 124 valence electrons. The smallest absolute Gasteiger partial charge is 0.475 e. The van der Waals surface area contributed by atoms with Crippen molar-refractivity contribution in [1.29, 1.82) is 0 Å². The number of phosphoric acid groups is 1. The van der Waals surface area contributed by atoms with Crippen LogP contribution in [0.2, 0.25) is 0 Å². The van der Waals surface area contributed by atoms with E-state index >= 15 is 0 Å². The minimum Gasteiger partial charge on any atom is -0.481 e. The molecule has 22 heavy (non-hydrogen) atoms. The van der Waals surface area contributed by atoms with Gasteiger partial charge in [0.05, 0.1) is 11.7 Å². The normalized spacial score (nSPS) is 17.5. The number of hydrogen-bond donors (Lipinski definition) is 4. The molecular formula is C12H19NO7P2. The van der Waals surface area contributed by atoms with Crippen molar-refractivity contribution >= 4 is 21.2 Å². The van der Waals surface area contributed by atoms with Gasteiger partial charge in [-0.1, -0.05) is 30.3 Å². The van der Waals surface area contributed by atoms with Gasteiger partial charge in [0.25, 0.3) is 0 Å². The molecule has 0 aliphatic rings. The van der Waals surface area contributed by atoms with Crippen molar-refractivity contribution in [3.8, 4) is 0 Å². The van der Waals surface area contributed by atoms with Gasteiger partial charge in [0.2, 0.25) is 7.37 Å². The third-order valence-corrected chi connectivity index (χ3v) is 7.16. The molecule has 0 radical (unpaired) electrons. The van der Waals surface area contributed by atoms with E-state index in [-0.39, 0.29) is 6.42 Å². The summed E-state index contributed by atoms with van der Waals surface area (Å²) in [5.74, 6) is -3.57. The number of carboxylic acids is 1. The second kappa shape index (κ2) is 7.51. The zero-order valence-corrected chi connectivity index (χ0v) is 13.7. The van der Waals surface area contributed by atoms with E-state index in [4.69, 9.17) is 15.5 Å². The number of carbonyl (C=O) groups is 1. The Hall–Kier alpha value is -1.01. The maximum absolute atomic E-state index is 12.5. The van der Waals surface area contributed by atoms with Crippen molar-refractivity contribution in [2.24, 2.45) is 11.7 Å². The molecule has 10 heteroatoms. The first-order valence-electron chi connectivity index (χ1n) is 6.41. The molecule has 1 aromatic rings. The highest BCUT2D eigenvalue weighted by Gasteiger charge is 2.40. The number of carboxylic acid groups (broad SMARTS) is 1. The van der Waals surface area contributed by atoms with Crippen molar-refractivity contribution in [2.75, 3.05) is 6.16 Å². The fourth-order valence-electron chi connectivity index (χ4n) is 1.89. The number of nitrogens with two attached hydrogens (primary N) is 1. The average Bonchev–Trinajstić information content (AvgIpc) is 2.36. The summed E-state index contributed by atoms with van der Waals surface area (Å²) in [5.41, 5.74) is 6.19. The van der Waals surface area contributed by atoms with Crippen LogP contribution < -0.4 is 5.73 Å². The fourth-order valence-corrected chi connectivity index (χ4v) is 5.42. The van der Waals surface area contributed by atoms with Gasteiger partial charge in [-0.05, 0) is 18.9 Å². The zero-order valence-electron chi connectivity index (χ0n) is 11.9. The molecule has 5 N–H and O–H groups in total. The van der Waals surface area contributed by atoms with Gasteiger partial charge in [0.15, 0.2) is 0 Å². The predicted octanol–water partition coefficient (Wildman–Crippen LogP) is 1.62. The first-order valence-corrected chi connectivity index (χ1v) is 9.82. The summed E-state index contributed by atoms with van der Waals surface area (Å²) in [4.78, 5) is 29.1. The SMILES string of the molecule is C[C@H](N)[P@](=O)(C[C@@H](Cc1ccccc1)C(=O)O)OP(=O)(O)O. The molecule has 0 bridgehead atoms. The highest BCUT2D eigenvalue weighted by atomic mass is 31.3. The van der Waals surface area contributed by atoms with Crippen LogP contribution in [0.3, 0.4) is 0 Å². The third-order valence-electron chi connectivity index (χ3n) is 3.01. The summed E-state index contributed by atoms with van der Waals surface area (Å²) in [6.07, 6.45) is -0.503.